The van der Waals surface area contributed by atoms with Crippen LogP contribution in [0.3, 0.4) is 0 Å². The molecule has 0 aliphatic carbocycles. The Morgan fingerprint density at radius 1 is 0.288 bits per heavy atom. The summed E-state index contributed by atoms with van der Waals surface area (Å²) in [6.45, 7) is 6.49. The lowest BCUT2D eigenvalue weighted by Crippen LogP contribution is -2.30. The summed E-state index contributed by atoms with van der Waals surface area (Å²) in [7, 11) is 0. The zero-order chi connectivity index (χ0) is 52.9. The number of rotatable bonds is 56. The number of unbranched alkanes of at least 4 members (excludes halogenated alkanes) is 31. The van der Waals surface area contributed by atoms with E-state index >= 15 is 0 Å². The minimum atomic E-state index is -0.782. The predicted molar refractivity (Wildman–Crippen MR) is 316 cm³/mol. The molecule has 0 aliphatic rings. The summed E-state index contributed by atoms with van der Waals surface area (Å²) in [6.07, 6.45) is 80.2. The zero-order valence-corrected chi connectivity index (χ0v) is 48.1. The highest BCUT2D eigenvalue weighted by Gasteiger charge is 2.19. The molecule has 0 saturated heterocycles. The quantitative estimate of drug-likeness (QED) is 0.0261. The van der Waals surface area contributed by atoms with E-state index in [2.05, 4.69) is 106 Å². The molecule has 1 atom stereocenters. The molecule has 6 nitrogen and oxygen atoms in total. The van der Waals surface area contributed by atoms with E-state index < -0.39 is 6.10 Å². The van der Waals surface area contributed by atoms with E-state index in [1.54, 1.807) is 0 Å². The first-order valence-electron chi connectivity index (χ1n) is 31.1. The number of carbonyl (C=O) groups excluding carboxylic acids is 3. The Morgan fingerprint density at radius 3 is 0.877 bits per heavy atom. The molecule has 0 bridgehead atoms. The van der Waals surface area contributed by atoms with Crippen LogP contribution in [0.4, 0.5) is 0 Å². The molecule has 420 valence electrons. The van der Waals surface area contributed by atoms with Gasteiger partial charge in [0.05, 0.1) is 0 Å². The number of hydrogen-bond acceptors (Lipinski definition) is 6. The molecule has 0 rings (SSSR count). The van der Waals surface area contributed by atoms with Gasteiger partial charge in [0.15, 0.2) is 6.10 Å². The second kappa shape index (κ2) is 61.1. The van der Waals surface area contributed by atoms with Crippen LogP contribution in [0.5, 0.6) is 0 Å². The molecular weight excluding hydrogens is 901 g/mol. The molecule has 0 spiro atoms. The molecule has 6 heteroatoms. The third-order valence-corrected chi connectivity index (χ3v) is 13.4. The topological polar surface area (TPSA) is 78.9 Å². The summed E-state index contributed by atoms with van der Waals surface area (Å²) in [5.41, 5.74) is 0. The molecule has 0 amide bonds. The molecule has 0 aromatic heterocycles. The SMILES string of the molecule is CC/C=C\C/C=C\C/C=C\C/C=C\C/C=C\CCCCCCCCCCCCCCCC(=O)OCC(COC(=O)CCCCCCCCCCCCCC)OC(=O)CCCCCCC/C=C\C/C=C\CCCC. The summed E-state index contributed by atoms with van der Waals surface area (Å²) < 4.78 is 16.9. The molecule has 0 aromatic carbocycles. The van der Waals surface area contributed by atoms with E-state index in [0.717, 1.165) is 116 Å². The monoisotopic (exact) mass is 1020 g/mol. The number of ether oxygens (including phenoxy) is 3. The van der Waals surface area contributed by atoms with Crippen molar-refractivity contribution >= 4 is 17.9 Å². The Labute approximate surface area is 452 Å². The van der Waals surface area contributed by atoms with Gasteiger partial charge in [0.2, 0.25) is 0 Å². The molecular formula is C67H116O6. The summed E-state index contributed by atoms with van der Waals surface area (Å²) >= 11 is 0. The highest BCUT2D eigenvalue weighted by molar-refractivity contribution is 5.71. The maximum Gasteiger partial charge on any atom is 0.306 e. The number of carbonyl (C=O) groups is 3. The fourth-order valence-electron chi connectivity index (χ4n) is 8.72. The van der Waals surface area contributed by atoms with Gasteiger partial charge in [-0.05, 0) is 89.9 Å². The lowest BCUT2D eigenvalue weighted by Gasteiger charge is -2.18. The second-order valence-electron chi connectivity index (χ2n) is 20.6. The lowest BCUT2D eigenvalue weighted by molar-refractivity contribution is -0.167. The van der Waals surface area contributed by atoms with Gasteiger partial charge in [0.1, 0.15) is 13.2 Å². The smallest absolute Gasteiger partial charge is 0.306 e. The van der Waals surface area contributed by atoms with Gasteiger partial charge >= 0.3 is 17.9 Å². The standard InChI is InChI=1S/C67H116O6/c1-4-7-10-13-16-19-22-25-27-28-29-30-31-32-33-34-35-36-37-38-39-40-41-43-45-48-51-54-57-60-66(69)72-63-64(62-71-65(68)59-56-53-50-47-44-24-21-18-15-12-9-6-3)73-67(70)61-58-55-52-49-46-42-26-23-20-17-14-11-8-5-2/h7,10,14,16-17,19,23,25-27,29-30,32-33,64H,4-6,8-9,11-13,15,18,20-22,24,28,31,34-63H2,1-3H3/b10-7-,17-14-,19-16-,26-23-,27-25-,30-29-,33-32-. The molecule has 0 radical (unpaired) electrons. The third kappa shape index (κ3) is 59.3. The largest absolute Gasteiger partial charge is 0.462 e. The summed E-state index contributed by atoms with van der Waals surface area (Å²) in [4.78, 5) is 38.2. The van der Waals surface area contributed by atoms with Crippen molar-refractivity contribution in [3.63, 3.8) is 0 Å². The number of esters is 3. The van der Waals surface area contributed by atoms with Crippen LogP contribution in [0.2, 0.25) is 0 Å². The van der Waals surface area contributed by atoms with Crippen molar-refractivity contribution in [1.82, 2.24) is 0 Å². The van der Waals surface area contributed by atoms with E-state index in [1.807, 2.05) is 0 Å². The van der Waals surface area contributed by atoms with Crippen molar-refractivity contribution in [2.24, 2.45) is 0 Å². The van der Waals surface area contributed by atoms with Gasteiger partial charge in [-0.1, -0.05) is 279 Å². The minimum Gasteiger partial charge on any atom is -0.462 e. The van der Waals surface area contributed by atoms with Gasteiger partial charge in [0.25, 0.3) is 0 Å². The van der Waals surface area contributed by atoms with E-state index in [-0.39, 0.29) is 31.1 Å². The van der Waals surface area contributed by atoms with Gasteiger partial charge in [-0.25, -0.2) is 0 Å². The first-order valence-corrected chi connectivity index (χ1v) is 31.1. The van der Waals surface area contributed by atoms with Gasteiger partial charge in [-0.2, -0.15) is 0 Å². The Kier molecular flexibility index (Phi) is 58.3. The van der Waals surface area contributed by atoms with Gasteiger partial charge in [-0.3, -0.25) is 14.4 Å². The average molecular weight is 1020 g/mol. The van der Waals surface area contributed by atoms with Gasteiger partial charge in [0, 0.05) is 19.3 Å². The Balaban J connectivity index is 4.21. The number of allylic oxidation sites excluding steroid dienone is 14. The molecule has 73 heavy (non-hydrogen) atoms. The highest BCUT2D eigenvalue weighted by Crippen LogP contribution is 2.16. The third-order valence-electron chi connectivity index (χ3n) is 13.4. The zero-order valence-electron chi connectivity index (χ0n) is 48.1. The molecule has 1 unspecified atom stereocenters. The predicted octanol–water partition coefficient (Wildman–Crippen LogP) is 21.1. The molecule has 0 aromatic rings. The molecule has 0 fully saturated rings. The average Bonchev–Trinajstić information content (AvgIpc) is 3.39. The number of hydrogen-bond donors (Lipinski definition) is 0. The van der Waals surface area contributed by atoms with Crippen LogP contribution in [0, 0.1) is 0 Å². The van der Waals surface area contributed by atoms with Crippen LogP contribution in [-0.4, -0.2) is 37.2 Å². The summed E-state index contributed by atoms with van der Waals surface area (Å²) in [5.74, 6) is -0.884. The van der Waals surface area contributed by atoms with Crippen LogP contribution in [0.1, 0.15) is 303 Å². The Hall–Kier alpha value is -3.41. The van der Waals surface area contributed by atoms with Crippen LogP contribution < -0.4 is 0 Å². The van der Waals surface area contributed by atoms with Crippen molar-refractivity contribution in [2.45, 2.75) is 309 Å². The van der Waals surface area contributed by atoms with E-state index in [4.69, 9.17) is 14.2 Å². The van der Waals surface area contributed by atoms with Crippen molar-refractivity contribution in [3.8, 4) is 0 Å². The molecule has 0 N–H and O–H groups in total. The maximum absolute atomic E-state index is 12.8. The summed E-state index contributed by atoms with van der Waals surface area (Å²) in [5, 5.41) is 0. The summed E-state index contributed by atoms with van der Waals surface area (Å²) in [6, 6.07) is 0. The molecule has 0 aliphatic heterocycles. The minimum absolute atomic E-state index is 0.0788. The normalized spacial score (nSPS) is 12.6. The van der Waals surface area contributed by atoms with Crippen LogP contribution >= 0.6 is 0 Å². The van der Waals surface area contributed by atoms with Gasteiger partial charge < -0.3 is 14.2 Å². The van der Waals surface area contributed by atoms with E-state index in [9.17, 15) is 14.4 Å². The fraction of sp³-hybridized carbons (Fsp3) is 0.746. The Morgan fingerprint density at radius 2 is 0.548 bits per heavy atom. The molecule has 0 heterocycles. The van der Waals surface area contributed by atoms with Crippen molar-refractivity contribution in [3.05, 3.63) is 85.1 Å². The van der Waals surface area contributed by atoms with Crippen LogP contribution in [-0.2, 0) is 28.6 Å². The first-order chi connectivity index (χ1) is 36.0. The van der Waals surface area contributed by atoms with Gasteiger partial charge in [-0.15, -0.1) is 0 Å². The van der Waals surface area contributed by atoms with Crippen molar-refractivity contribution < 1.29 is 28.6 Å². The van der Waals surface area contributed by atoms with Crippen molar-refractivity contribution in [2.75, 3.05) is 13.2 Å². The van der Waals surface area contributed by atoms with E-state index in [0.29, 0.717) is 19.3 Å². The highest BCUT2D eigenvalue weighted by atomic mass is 16.6. The Bertz CT molecular complexity index is 1400. The van der Waals surface area contributed by atoms with Crippen LogP contribution in [0.25, 0.3) is 0 Å². The fourth-order valence-corrected chi connectivity index (χ4v) is 8.72. The lowest BCUT2D eigenvalue weighted by atomic mass is 10.0. The van der Waals surface area contributed by atoms with E-state index in [1.165, 1.54) is 148 Å². The second-order valence-corrected chi connectivity index (χ2v) is 20.6. The van der Waals surface area contributed by atoms with Crippen LogP contribution in [0.15, 0.2) is 85.1 Å². The van der Waals surface area contributed by atoms with Crippen molar-refractivity contribution in [1.29, 1.82) is 0 Å². The maximum atomic E-state index is 12.8. The first kappa shape index (κ1) is 69.6. The molecule has 0 saturated carbocycles.